The van der Waals surface area contributed by atoms with Crippen molar-refractivity contribution in [2.45, 2.75) is 39.2 Å². The Kier molecular flexibility index (Phi) is 4.16. The summed E-state index contributed by atoms with van der Waals surface area (Å²) in [7, 11) is 1.93. The fourth-order valence-corrected chi connectivity index (χ4v) is 4.65. The van der Waals surface area contributed by atoms with Gasteiger partial charge in [-0.15, -0.1) is 0 Å². The Morgan fingerprint density at radius 3 is 2.46 bits per heavy atom. The van der Waals surface area contributed by atoms with E-state index in [1.165, 1.54) is 32.4 Å². The Labute approximate surface area is 143 Å². The van der Waals surface area contributed by atoms with Crippen molar-refractivity contribution in [2.24, 2.45) is 18.9 Å². The van der Waals surface area contributed by atoms with Gasteiger partial charge in [-0.25, -0.2) is 9.97 Å². The molecule has 4 rings (SSSR count). The van der Waals surface area contributed by atoms with Crippen molar-refractivity contribution in [2.75, 3.05) is 31.1 Å². The maximum absolute atomic E-state index is 4.55. The molecule has 0 spiro atoms. The van der Waals surface area contributed by atoms with Crippen molar-refractivity contribution in [1.82, 2.24) is 24.6 Å². The molecule has 2 aliphatic rings. The Balaban J connectivity index is 1.46. The van der Waals surface area contributed by atoms with Crippen LogP contribution in [0, 0.1) is 11.8 Å². The average Bonchev–Trinajstić information content (AvgIpc) is 2.96. The van der Waals surface area contributed by atoms with Crippen molar-refractivity contribution in [3.8, 4) is 0 Å². The highest BCUT2D eigenvalue weighted by atomic mass is 15.3. The Hall–Kier alpha value is -1.69. The number of fused-ring (bicyclic) bond motifs is 1. The summed E-state index contributed by atoms with van der Waals surface area (Å²) < 4.78 is 1.82. The van der Waals surface area contributed by atoms with Crippen molar-refractivity contribution in [3.05, 3.63) is 12.5 Å². The second-order valence-corrected chi connectivity index (χ2v) is 7.82. The number of aryl methyl sites for hydroxylation is 1. The molecule has 2 aromatic heterocycles. The molecule has 0 bridgehead atoms. The average molecular weight is 328 g/mol. The van der Waals surface area contributed by atoms with Crippen LogP contribution in [0.3, 0.4) is 0 Å². The third-order valence-electron chi connectivity index (χ3n) is 5.69. The minimum absolute atomic E-state index is 0.734. The summed E-state index contributed by atoms with van der Waals surface area (Å²) in [6.45, 7) is 9.50. The molecule has 0 aromatic carbocycles. The molecule has 0 amide bonds. The Bertz CT molecular complexity index is 693. The topological polar surface area (TPSA) is 50.1 Å². The summed E-state index contributed by atoms with van der Waals surface area (Å²) in [6.07, 6.45) is 7.40. The first kappa shape index (κ1) is 15.8. The van der Waals surface area contributed by atoms with Crippen LogP contribution in [-0.4, -0.2) is 56.9 Å². The molecular formula is C18H28N6. The highest BCUT2D eigenvalue weighted by Gasteiger charge is 2.30. The van der Waals surface area contributed by atoms with E-state index in [9.17, 15) is 0 Å². The molecule has 2 saturated heterocycles. The van der Waals surface area contributed by atoms with Gasteiger partial charge in [0.1, 0.15) is 12.1 Å². The number of piperidine rings is 2. The van der Waals surface area contributed by atoms with Gasteiger partial charge in [0, 0.05) is 39.3 Å². The first-order valence-electron chi connectivity index (χ1n) is 9.23. The van der Waals surface area contributed by atoms with E-state index < -0.39 is 0 Å². The number of hydrogen-bond donors (Lipinski definition) is 0. The van der Waals surface area contributed by atoms with E-state index in [4.69, 9.17) is 0 Å². The molecule has 0 aliphatic carbocycles. The number of aromatic nitrogens is 4. The lowest BCUT2D eigenvalue weighted by Gasteiger charge is -2.43. The van der Waals surface area contributed by atoms with E-state index in [0.717, 1.165) is 47.8 Å². The van der Waals surface area contributed by atoms with Gasteiger partial charge in [0.05, 0.1) is 11.6 Å². The van der Waals surface area contributed by atoms with E-state index in [2.05, 4.69) is 38.7 Å². The third kappa shape index (κ3) is 2.88. The molecule has 130 valence electrons. The predicted molar refractivity (Wildman–Crippen MR) is 96.1 cm³/mol. The quantitative estimate of drug-likeness (QED) is 0.847. The van der Waals surface area contributed by atoms with Crippen molar-refractivity contribution in [3.63, 3.8) is 0 Å². The molecule has 2 aromatic rings. The summed E-state index contributed by atoms with van der Waals surface area (Å²) in [4.78, 5) is 14.1. The van der Waals surface area contributed by atoms with Crippen LogP contribution in [0.1, 0.15) is 33.1 Å². The fraction of sp³-hybridized carbons (Fsp3) is 0.722. The van der Waals surface area contributed by atoms with E-state index in [-0.39, 0.29) is 0 Å². The van der Waals surface area contributed by atoms with Crippen LogP contribution in [0.5, 0.6) is 0 Å². The smallest absolute Gasteiger partial charge is 0.163 e. The number of rotatable bonds is 2. The standard InChI is InChI=1S/C18H28N6/c1-13-8-14(2)11-24(10-13)15-4-6-23(7-5-15)18-16-9-21-22(3)17(16)19-12-20-18/h9,12-15H,4-8,10-11H2,1-3H3/t13-,14-/m0/s1. The minimum Gasteiger partial charge on any atom is -0.356 e. The molecular weight excluding hydrogens is 300 g/mol. The van der Waals surface area contributed by atoms with Gasteiger partial charge in [-0.2, -0.15) is 5.10 Å². The van der Waals surface area contributed by atoms with Gasteiger partial charge < -0.3 is 4.90 Å². The number of hydrogen-bond acceptors (Lipinski definition) is 5. The van der Waals surface area contributed by atoms with Crippen LogP contribution in [0.15, 0.2) is 12.5 Å². The van der Waals surface area contributed by atoms with Crippen molar-refractivity contribution < 1.29 is 0 Å². The van der Waals surface area contributed by atoms with Gasteiger partial charge >= 0.3 is 0 Å². The van der Waals surface area contributed by atoms with Crippen molar-refractivity contribution >= 4 is 16.9 Å². The zero-order chi connectivity index (χ0) is 16.7. The summed E-state index contributed by atoms with van der Waals surface area (Å²) in [5.41, 5.74) is 0.917. The number of nitrogens with zero attached hydrogens (tertiary/aromatic N) is 6. The maximum Gasteiger partial charge on any atom is 0.163 e. The first-order chi connectivity index (χ1) is 11.6. The lowest BCUT2D eigenvalue weighted by atomic mass is 9.89. The number of anilines is 1. The lowest BCUT2D eigenvalue weighted by molar-refractivity contribution is 0.0825. The molecule has 2 atom stereocenters. The van der Waals surface area contributed by atoms with Crippen LogP contribution in [0.25, 0.3) is 11.0 Å². The molecule has 24 heavy (non-hydrogen) atoms. The normalized spacial score (nSPS) is 27.0. The van der Waals surface area contributed by atoms with E-state index in [1.54, 1.807) is 6.33 Å². The summed E-state index contributed by atoms with van der Waals surface area (Å²) in [6, 6.07) is 0.734. The molecule has 0 N–H and O–H groups in total. The van der Waals surface area contributed by atoms with Gasteiger partial charge in [0.25, 0.3) is 0 Å². The molecule has 6 heteroatoms. The molecule has 4 heterocycles. The van der Waals surface area contributed by atoms with Gasteiger partial charge in [0.2, 0.25) is 0 Å². The Morgan fingerprint density at radius 1 is 1.04 bits per heavy atom. The highest BCUT2D eigenvalue weighted by Crippen LogP contribution is 2.29. The van der Waals surface area contributed by atoms with Gasteiger partial charge in [-0.05, 0) is 31.1 Å². The second-order valence-electron chi connectivity index (χ2n) is 7.82. The van der Waals surface area contributed by atoms with E-state index in [1.807, 2.05) is 17.9 Å². The maximum atomic E-state index is 4.55. The highest BCUT2D eigenvalue weighted by molar-refractivity contribution is 5.86. The lowest BCUT2D eigenvalue weighted by Crippen LogP contribution is -2.50. The first-order valence-corrected chi connectivity index (χ1v) is 9.23. The molecule has 0 unspecified atom stereocenters. The molecule has 6 nitrogen and oxygen atoms in total. The molecule has 2 aliphatic heterocycles. The SMILES string of the molecule is C[C@H]1C[C@H](C)CN(C2CCN(c3ncnc4c3cnn4C)CC2)C1. The largest absolute Gasteiger partial charge is 0.356 e. The zero-order valence-electron chi connectivity index (χ0n) is 15.0. The van der Waals surface area contributed by atoms with Crippen LogP contribution in [-0.2, 0) is 7.05 Å². The molecule has 0 saturated carbocycles. The monoisotopic (exact) mass is 328 g/mol. The predicted octanol–water partition coefficient (Wildman–Crippen LogP) is 2.31. The van der Waals surface area contributed by atoms with Crippen LogP contribution in [0.2, 0.25) is 0 Å². The second kappa shape index (κ2) is 6.31. The summed E-state index contributed by atoms with van der Waals surface area (Å²) >= 11 is 0. The Morgan fingerprint density at radius 2 is 1.75 bits per heavy atom. The van der Waals surface area contributed by atoms with E-state index in [0.29, 0.717) is 0 Å². The summed E-state index contributed by atoms with van der Waals surface area (Å²) in [5.74, 6) is 2.72. The van der Waals surface area contributed by atoms with Gasteiger partial charge in [-0.1, -0.05) is 13.8 Å². The van der Waals surface area contributed by atoms with Crippen LogP contribution in [0.4, 0.5) is 5.82 Å². The van der Waals surface area contributed by atoms with Gasteiger partial charge in [0.15, 0.2) is 5.65 Å². The minimum atomic E-state index is 0.734. The third-order valence-corrected chi connectivity index (χ3v) is 5.69. The van der Waals surface area contributed by atoms with Crippen LogP contribution >= 0.6 is 0 Å². The fourth-order valence-electron chi connectivity index (χ4n) is 4.65. The van der Waals surface area contributed by atoms with Crippen LogP contribution < -0.4 is 4.90 Å². The van der Waals surface area contributed by atoms with Crippen molar-refractivity contribution in [1.29, 1.82) is 0 Å². The molecule has 2 fully saturated rings. The molecule has 0 radical (unpaired) electrons. The van der Waals surface area contributed by atoms with E-state index >= 15 is 0 Å². The zero-order valence-corrected chi connectivity index (χ0v) is 15.0. The van der Waals surface area contributed by atoms with Gasteiger partial charge in [-0.3, -0.25) is 9.58 Å². The number of likely N-dealkylation sites (tertiary alicyclic amines) is 1. The summed E-state index contributed by atoms with van der Waals surface area (Å²) in [5, 5.41) is 5.40.